The Labute approximate surface area is 154 Å². The molecule has 2 N–H and O–H groups in total. The smallest absolute Gasteiger partial charge is 0.330 e. The van der Waals surface area contributed by atoms with Crippen LogP contribution >= 0.6 is 0 Å². The summed E-state index contributed by atoms with van der Waals surface area (Å²) in [6.07, 6.45) is 0.792. The Hall–Kier alpha value is -3.23. The quantitative estimate of drug-likeness (QED) is 0.494. The average molecular weight is 371 g/mol. The fourth-order valence-corrected chi connectivity index (χ4v) is 3.05. The second kappa shape index (κ2) is 7.18. The van der Waals surface area contributed by atoms with Gasteiger partial charge in [0.05, 0.1) is 11.0 Å². The molecule has 142 valence electrons. The summed E-state index contributed by atoms with van der Waals surface area (Å²) in [5.41, 5.74) is 2.29. The summed E-state index contributed by atoms with van der Waals surface area (Å²) in [5, 5.41) is 8.68. The van der Waals surface area contributed by atoms with E-state index in [0.29, 0.717) is 23.9 Å². The zero-order valence-corrected chi connectivity index (χ0v) is 15.4. The van der Waals surface area contributed by atoms with Crippen LogP contribution in [0.3, 0.4) is 0 Å². The number of benzene rings is 1. The number of carbonyl (C=O) groups is 1. The molecule has 1 aromatic carbocycles. The highest BCUT2D eigenvalue weighted by Crippen LogP contribution is 2.23. The molecule has 3 rings (SSSR count). The Kier molecular flexibility index (Phi) is 4.93. The molecule has 0 spiro atoms. The van der Waals surface area contributed by atoms with E-state index in [2.05, 4.69) is 15.0 Å². The molecule has 0 fully saturated rings. The maximum Gasteiger partial charge on any atom is 0.330 e. The molecule has 27 heavy (non-hydrogen) atoms. The molecule has 2 heterocycles. The van der Waals surface area contributed by atoms with Crippen molar-refractivity contribution in [2.24, 2.45) is 0 Å². The zero-order valence-electron chi connectivity index (χ0n) is 15.4. The number of rotatable bonds is 6. The Balaban J connectivity index is 2.08. The second-order valence-corrected chi connectivity index (χ2v) is 6.68. The minimum absolute atomic E-state index is 0.00182. The molecular weight excluding hydrogens is 350 g/mol. The van der Waals surface area contributed by atoms with E-state index in [9.17, 15) is 14.4 Å². The number of H-pyrrole nitrogens is 1. The molecule has 0 radical (unpaired) electrons. The van der Waals surface area contributed by atoms with Gasteiger partial charge < -0.3 is 10.0 Å². The third-order valence-electron chi connectivity index (χ3n) is 4.40. The Morgan fingerprint density at radius 3 is 2.56 bits per heavy atom. The maximum absolute atomic E-state index is 12.7. The van der Waals surface area contributed by atoms with Gasteiger partial charge in [0.25, 0.3) is 5.56 Å². The van der Waals surface area contributed by atoms with E-state index in [-0.39, 0.29) is 24.1 Å². The molecular formula is C18H21N5O4. The van der Waals surface area contributed by atoms with Crippen LogP contribution in [0.15, 0.2) is 21.7 Å². The molecule has 2 aromatic heterocycles. The number of carboxylic acid groups (broad SMARTS) is 1. The van der Waals surface area contributed by atoms with Crippen molar-refractivity contribution in [2.45, 2.75) is 32.7 Å². The summed E-state index contributed by atoms with van der Waals surface area (Å²) in [6, 6.07) is 3.73. The van der Waals surface area contributed by atoms with Gasteiger partial charge in [-0.15, -0.1) is 0 Å². The molecule has 0 atom stereocenters. The van der Waals surface area contributed by atoms with E-state index in [1.807, 2.05) is 38.1 Å². The second-order valence-electron chi connectivity index (χ2n) is 6.68. The van der Waals surface area contributed by atoms with Gasteiger partial charge in [0, 0.05) is 32.7 Å². The Morgan fingerprint density at radius 1 is 1.19 bits per heavy atom. The lowest BCUT2D eigenvalue weighted by Crippen LogP contribution is -2.35. The van der Waals surface area contributed by atoms with Crippen molar-refractivity contribution < 1.29 is 9.90 Å². The first kappa shape index (κ1) is 18.6. The third-order valence-corrected chi connectivity index (χ3v) is 4.40. The standard InChI is InChI=1S/C18H21N5O4/c1-10-8-11-12(9-13(10)22(2)3)20-16-15(19-11)17(26)23(18(27)21-16)7-5-4-6-14(24)25/h8-9H,4-7H2,1-3H3,(H,24,25)(H,20,21,27). The molecule has 9 nitrogen and oxygen atoms in total. The summed E-state index contributed by atoms with van der Waals surface area (Å²) < 4.78 is 1.05. The summed E-state index contributed by atoms with van der Waals surface area (Å²) in [5.74, 6) is -0.903. The molecule has 0 unspecified atom stereocenters. The highest BCUT2D eigenvalue weighted by atomic mass is 16.4. The first-order valence-corrected chi connectivity index (χ1v) is 8.62. The van der Waals surface area contributed by atoms with Crippen molar-refractivity contribution in [3.8, 4) is 0 Å². The third kappa shape index (κ3) is 3.67. The summed E-state index contributed by atoms with van der Waals surface area (Å²) in [4.78, 5) is 48.9. The molecule has 0 aliphatic rings. The number of nitrogens with zero attached hydrogens (tertiary/aromatic N) is 4. The number of unbranched alkanes of at least 4 members (excludes halogenated alkanes) is 1. The van der Waals surface area contributed by atoms with Crippen molar-refractivity contribution in [2.75, 3.05) is 19.0 Å². The topological polar surface area (TPSA) is 121 Å². The van der Waals surface area contributed by atoms with Gasteiger partial charge >= 0.3 is 11.7 Å². The number of aromatic nitrogens is 4. The highest BCUT2D eigenvalue weighted by molar-refractivity contribution is 5.87. The number of hydrogen-bond acceptors (Lipinski definition) is 6. The number of hydrogen-bond donors (Lipinski definition) is 2. The minimum atomic E-state index is -0.903. The van der Waals surface area contributed by atoms with Crippen molar-refractivity contribution in [3.63, 3.8) is 0 Å². The van der Waals surface area contributed by atoms with Crippen LogP contribution in [0.2, 0.25) is 0 Å². The lowest BCUT2D eigenvalue weighted by atomic mass is 10.1. The van der Waals surface area contributed by atoms with E-state index in [0.717, 1.165) is 15.8 Å². The zero-order chi connectivity index (χ0) is 19.7. The molecule has 9 heteroatoms. The minimum Gasteiger partial charge on any atom is -0.481 e. The molecule has 0 aliphatic carbocycles. The lowest BCUT2D eigenvalue weighted by molar-refractivity contribution is -0.137. The van der Waals surface area contributed by atoms with Crippen LogP contribution in [0.25, 0.3) is 22.2 Å². The van der Waals surface area contributed by atoms with Gasteiger partial charge in [-0.3, -0.25) is 19.1 Å². The fraction of sp³-hybridized carbons (Fsp3) is 0.389. The van der Waals surface area contributed by atoms with Crippen LogP contribution in [-0.2, 0) is 11.3 Å². The largest absolute Gasteiger partial charge is 0.481 e. The normalized spacial score (nSPS) is 11.2. The first-order valence-electron chi connectivity index (χ1n) is 8.62. The van der Waals surface area contributed by atoms with Crippen LogP contribution in [0.1, 0.15) is 24.8 Å². The Bertz CT molecular complexity index is 1150. The van der Waals surface area contributed by atoms with Crippen molar-refractivity contribution >= 4 is 33.9 Å². The number of aryl methyl sites for hydroxylation is 1. The molecule has 3 aromatic rings. The van der Waals surface area contributed by atoms with E-state index in [1.54, 1.807) is 0 Å². The number of aliphatic carboxylic acids is 1. The van der Waals surface area contributed by atoms with Gasteiger partial charge in [-0.1, -0.05) is 0 Å². The number of anilines is 1. The first-order chi connectivity index (χ1) is 12.8. The van der Waals surface area contributed by atoms with Crippen molar-refractivity contribution in [1.82, 2.24) is 19.5 Å². The van der Waals surface area contributed by atoms with Crippen LogP contribution in [0.5, 0.6) is 0 Å². The number of aromatic amines is 1. The van der Waals surface area contributed by atoms with Crippen molar-refractivity contribution in [3.05, 3.63) is 38.5 Å². The van der Waals surface area contributed by atoms with E-state index < -0.39 is 17.2 Å². The number of fused-ring (bicyclic) bond motifs is 2. The lowest BCUT2D eigenvalue weighted by Gasteiger charge is -2.16. The monoisotopic (exact) mass is 371 g/mol. The predicted octanol–water partition coefficient (Wildman–Crippen LogP) is 1.26. The summed E-state index contributed by atoms with van der Waals surface area (Å²) in [7, 11) is 3.85. The Morgan fingerprint density at radius 2 is 1.89 bits per heavy atom. The van der Waals surface area contributed by atoms with Crippen LogP contribution < -0.4 is 16.1 Å². The molecule has 0 saturated carbocycles. The predicted molar refractivity (Wildman–Crippen MR) is 102 cm³/mol. The van der Waals surface area contributed by atoms with Crippen LogP contribution in [0, 0.1) is 6.92 Å². The maximum atomic E-state index is 12.7. The van der Waals surface area contributed by atoms with Gasteiger partial charge in [-0.25, -0.2) is 14.8 Å². The molecule has 0 amide bonds. The van der Waals surface area contributed by atoms with Crippen molar-refractivity contribution in [1.29, 1.82) is 0 Å². The van der Waals surface area contributed by atoms with Gasteiger partial charge in [-0.2, -0.15) is 0 Å². The fourth-order valence-electron chi connectivity index (χ4n) is 3.05. The molecule has 0 aliphatic heterocycles. The number of nitrogens with one attached hydrogen (secondary N) is 1. The summed E-state index contributed by atoms with van der Waals surface area (Å²) in [6.45, 7) is 2.09. The molecule has 0 bridgehead atoms. The number of carboxylic acids is 1. The summed E-state index contributed by atoms with van der Waals surface area (Å²) >= 11 is 0. The highest BCUT2D eigenvalue weighted by Gasteiger charge is 2.13. The van der Waals surface area contributed by atoms with Gasteiger partial charge in [0.2, 0.25) is 0 Å². The van der Waals surface area contributed by atoms with Gasteiger partial charge in [0.1, 0.15) is 0 Å². The van der Waals surface area contributed by atoms with Gasteiger partial charge in [-0.05, 0) is 37.5 Å². The SMILES string of the molecule is Cc1cc2nc3c(=O)n(CCCCC(=O)O)c(=O)[nH]c3nc2cc1N(C)C. The van der Waals surface area contributed by atoms with E-state index >= 15 is 0 Å². The van der Waals surface area contributed by atoms with Gasteiger partial charge in [0.15, 0.2) is 11.2 Å². The van der Waals surface area contributed by atoms with E-state index in [4.69, 9.17) is 5.11 Å². The van der Waals surface area contributed by atoms with Crippen LogP contribution in [0.4, 0.5) is 5.69 Å². The molecule has 0 saturated heterocycles. The van der Waals surface area contributed by atoms with Crippen LogP contribution in [-0.4, -0.2) is 44.7 Å². The average Bonchev–Trinajstić information content (AvgIpc) is 2.59. The van der Waals surface area contributed by atoms with E-state index in [1.165, 1.54) is 0 Å².